The van der Waals surface area contributed by atoms with Crippen LogP contribution in [0.4, 0.5) is 0 Å². The number of aliphatic carboxylic acids is 1. The number of carboxylic acid groups (broad SMARTS) is 1. The molecule has 0 saturated heterocycles. The molecule has 3 rings (SSSR count). The maximum Gasteiger partial charge on any atom is 0.340 e. The van der Waals surface area contributed by atoms with Crippen molar-refractivity contribution < 1.29 is 19.4 Å². The third-order valence-corrected chi connectivity index (χ3v) is 5.29. The number of aryl methyl sites for hydroxylation is 1. The molecule has 3 aromatic rings. The van der Waals surface area contributed by atoms with Gasteiger partial charge in [-0.25, -0.2) is 4.79 Å². The lowest BCUT2D eigenvalue weighted by Crippen LogP contribution is -2.37. The fourth-order valence-electron chi connectivity index (χ4n) is 3.64. The lowest BCUT2D eigenvalue weighted by molar-refractivity contribution is -0.140. The maximum atomic E-state index is 12.8. The highest BCUT2D eigenvalue weighted by atomic mass is 16.4. The lowest BCUT2D eigenvalue weighted by atomic mass is 9.98. The van der Waals surface area contributed by atoms with E-state index >= 15 is 0 Å². The number of fused-ring (bicyclic) bond motifs is 1. The van der Waals surface area contributed by atoms with E-state index in [9.17, 15) is 19.8 Å². The summed E-state index contributed by atoms with van der Waals surface area (Å²) in [6.45, 7) is 5.84. The van der Waals surface area contributed by atoms with Gasteiger partial charge in [-0.2, -0.15) is 0 Å². The smallest absolute Gasteiger partial charge is 0.340 e. The van der Waals surface area contributed by atoms with Crippen molar-refractivity contribution in [2.75, 3.05) is 0 Å². The molecule has 0 spiro atoms. The molecule has 0 radical (unpaired) electrons. The predicted octanol–water partition coefficient (Wildman–Crippen LogP) is 3.99. The first-order valence-electron chi connectivity index (χ1n) is 10.0. The number of nitrogens with one attached hydrogen (secondary N) is 1. The Hall–Kier alpha value is -3.12. The summed E-state index contributed by atoms with van der Waals surface area (Å²) in [7, 11) is 0. The summed E-state index contributed by atoms with van der Waals surface area (Å²) in [5.41, 5.74) is 2.59. The van der Waals surface area contributed by atoms with Crippen LogP contribution in [0.15, 0.2) is 51.7 Å². The van der Waals surface area contributed by atoms with E-state index in [0.717, 1.165) is 16.5 Å². The molecule has 0 saturated carbocycles. The summed E-state index contributed by atoms with van der Waals surface area (Å²) < 4.78 is 5.63. The van der Waals surface area contributed by atoms with Crippen LogP contribution in [0, 0.1) is 12.8 Å². The van der Waals surface area contributed by atoms with E-state index in [1.54, 1.807) is 12.1 Å². The summed E-state index contributed by atoms with van der Waals surface area (Å²) >= 11 is 0. The minimum Gasteiger partial charge on any atom is -0.507 e. The third-order valence-electron chi connectivity index (χ3n) is 5.29. The third kappa shape index (κ3) is 4.71. The van der Waals surface area contributed by atoms with Crippen LogP contribution >= 0.6 is 0 Å². The van der Waals surface area contributed by atoms with Gasteiger partial charge in [0.2, 0.25) is 0 Å². The molecule has 0 aliphatic heterocycles. The van der Waals surface area contributed by atoms with Gasteiger partial charge < -0.3 is 19.9 Å². The van der Waals surface area contributed by atoms with Crippen LogP contribution < -0.4 is 10.9 Å². The van der Waals surface area contributed by atoms with Gasteiger partial charge in [0.25, 0.3) is 0 Å². The highest BCUT2D eigenvalue weighted by Gasteiger charge is 2.21. The van der Waals surface area contributed by atoms with Gasteiger partial charge in [0, 0.05) is 23.9 Å². The molecule has 158 valence electrons. The van der Waals surface area contributed by atoms with Crippen LogP contribution in [0.2, 0.25) is 0 Å². The van der Waals surface area contributed by atoms with E-state index in [-0.39, 0.29) is 23.8 Å². The van der Waals surface area contributed by atoms with Crippen molar-refractivity contribution >= 4 is 16.9 Å². The zero-order valence-electron chi connectivity index (χ0n) is 17.4. The second-order valence-electron chi connectivity index (χ2n) is 8.00. The molecule has 0 amide bonds. The molecular formula is C24H27NO5. The van der Waals surface area contributed by atoms with Gasteiger partial charge >= 0.3 is 11.6 Å². The molecule has 0 unspecified atom stereocenters. The molecular weight excluding hydrogens is 382 g/mol. The van der Waals surface area contributed by atoms with Gasteiger partial charge in [0.15, 0.2) is 0 Å². The number of phenols is 1. The SMILES string of the molecule is Cc1c(Cc2ccccc2)c(=O)oc2c(CN[C@@H](CC(C)C)C(=O)O)c(O)ccc12. The highest BCUT2D eigenvalue weighted by Crippen LogP contribution is 2.30. The zero-order valence-corrected chi connectivity index (χ0v) is 17.4. The molecule has 1 aromatic heterocycles. The van der Waals surface area contributed by atoms with E-state index in [1.165, 1.54) is 0 Å². The van der Waals surface area contributed by atoms with Crippen molar-refractivity contribution in [3.05, 3.63) is 75.1 Å². The van der Waals surface area contributed by atoms with Gasteiger partial charge in [-0.3, -0.25) is 4.79 Å². The van der Waals surface area contributed by atoms with Crippen molar-refractivity contribution in [2.24, 2.45) is 5.92 Å². The number of carbonyl (C=O) groups is 1. The van der Waals surface area contributed by atoms with E-state index in [0.29, 0.717) is 24.0 Å². The second-order valence-corrected chi connectivity index (χ2v) is 8.00. The second kappa shape index (κ2) is 9.13. The lowest BCUT2D eigenvalue weighted by Gasteiger charge is -2.18. The fourth-order valence-corrected chi connectivity index (χ4v) is 3.64. The highest BCUT2D eigenvalue weighted by molar-refractivity contribution is 5.86. The molecule has 2 aromatic carbocycles. The number of rotatable bonds is 8. The van der Waals surface area contributed by atoms with Gasteiger partial charge in [-0.1, -0.05) is 44.2 Å². The normalized spacial score (nSPS) is 12.4. The predicted molar refractivity (Wildman–Crippen MR) is 116 cm³/mol. The summed E-state index contributed by atoms with van der Waals surface area (Å²) in [5.74, 6) is -0.798. The Morgan fingerprint density at radius 1 is 1.10 bits per heavy atom. The van der Waals surface area contributed by atoms with Crippen LogP contribution in [-0.4, -0.2) is 22.2 Å². The van der Waals surface area contributed by atoms with Crippen molar-refractivity contribution in [3.8, 4) is 5.75 Å². The zero-order chi connectivity index (χ0) is 21.8. The van der Waals surface area contributed by atoms with E-state index < -0.39 is 17.6 Å². The molecule has 30 heavy (non-hydrogen) atoms. The molecule has 6 nitrogen and oxygen atoms in total. The first kappa shape index (κ1) is 21.6. The van der Waals surface area contributed by atoms with Crippen LogP contribution in [0.25, 0.3) is 11.0 Å². The summed E-state index contributed by atoms with van der Waals surface area (Å²) in [4.78, 5) is 24.3. The average Bonchev–Trinajstić information content (AvgIpc) is 2.69. The molecule has 0 aliphatic carbocycles. The van der Waals surface area contributed by atoms with Crippen LogP contribution in [0.1, 0.15) is 42.5 Å². The minimum atomic E-state index is -0.953. The quantitative estimate of drug-likeness (QED) is 0.487. The van der Waals surface area contributed by atoms with Gasteiger partial charge in [0.1, 0.15) is 17.4 Å². The van der Waals surface area contributed by atoms with Crippen LogP contribution in [-0.2, 0) is 17.8 Å². The Labute approximate surface area is 175 Å². The van der Waals surface area contributed by atoms with E-state index in [4.69, 9.17) is 4.42 Å². The summed E-state index contributed by atoms with van der Waals surface area (Å²) in [6, 6.07) is 12.2. The minimum absolute atomic E-state index is 0.0398. The van der Waals surface area contributed by atoms with Crippen molar-refractivity contribution in [3.63, 3.8) is 0 Å². The molecule has 3 N–H and O–H groups in total. The Bertz CT molecular complexity index is 1100. The standard InChI is InChI=1S/C24H27NO5/c1-14(2)11-20(23(27)28)25-13-19-21(26)10-9-17-15(3)18(24(29)30-22(17)19)12-16-7-5-4-6-8-16/h4-10,14,20,25-26H,11-13H2,1-3H3,(H,27,28)/t20-/m0/s1. The monoisotopic (exact) mass is 409 g/mol. The Morgan fingerprint density at radius 2 is 1.80 bits per heavy atom. The number of hydrogen-bond donors (Lipinski definition) is 3. The summed E-state index contributed by atoms with van der Waals surface area (Å²) in [6.07, 6.45) is 0.903. The molecule has 0 fully saturated rings. The number of carboxylic acids is 1. The fraction of sp³-hybridized carbons (Fsp3) is 0.333. The van der Waals surface area contributed by atoms with Gasteiger partial charge in [0.05, 0.1) is 5.56 Å². The average molecular weight is 409 g/mol. The van der Waals surface area contributed by atoms with Gasteiger partial charge in [-0.15, -0.1) is 0 Å². The van der Waals surface area contributed by atoms with Gasteiger partial charge in [-0.05, 0) is 42.5 Å². The summed E-state index contributed by atoms with van der Waals surface area (Å²) in [5, 5.41) is 23.5. The largest absolute Gasteiger partial charge is 0.507 e. The molecule has 1 atom stereocenters. The van der Waals surface area contributed by atoms with E-state index in [1.807, 2.05) is 51.1 Å². The van der Waals surface area contributed by atoms with E-state index in [2.05, 4.69) is 5.32 Å². The van der Waals surface area contributed by atoms with Crippen LogP contribution in [0.5, 0.6) is 5.75 Å². The number of benzene rings is 2. The molecule has 6 heteroatoms. The maximum absolute atomic E-state index is 12.8. The molecule has 0 bridgehead atoms. The van der Waals surface area contributed by atoms with Crippen molar-refractivity contribution in [2.45, 2.75) is 46.2 Å². The van der Waals surface area contributed by atoms with Crippen molar-refractivity contribution in [1.82, 2.24) is 5.32 Å². The van der Waals surface area contributed by atoms with Crippen molar-refractivity contribution in [1.29, 1.82) is 0 Å². The van der Waals surface area contributed by atoms with Crippen LogP contribution in [0.3, 0.4) is 0 Å². The Kier molecular flexibility index (Phi) is 6.57. The first-order chi connectivity index (χ1) is 14.3. The number of aromatic hydroxyl groups is 1. The first-order valence-corrected chi connectivity index (χ1v) is 10.0. The number of hydrogen-bond acceptors (Lipinski definition) is 5. The molecule has 1 heterocycles. The Morgan fingerprint density at radius 3 is 2.43 bits per heavy atom. The number of phenolic OH excluding ortho intramolecular Hbond substituents is 1. The Balaban J connectivity index is 1.99. The molecule has 0 aliphatic rings. The topological polar surface area (TPSA) is 99.8 Å².